The van der Waals surface area contributed by atoms with E-state index in [0.717, 1.165) is 5.69 Å². The second kappa shape index (κ2) is 8.24. The summed E-state index contributed by atoms with van der Waals surface area (Å²) in [5, 5.41) is 12.5. The topological polar surface area (TPSA) is 79.3 Å². The normalized spacial score (nSPS) is 13.0. The van der Waals surface area contributed by atoms with E-state index in [0.29, 0.717) is 18.4 Å². The van der Waals surface area contributed by atoms with Crippen molar-refractivity contribution in [1.82, 2.24) is 10.3 Å². The maximum absolute atomic E-state index is 12.1. The highest BCUT2D eigenvalue weighted by atomic mass is 16.4. The first-order valence-corrected chi connectivity index (χ1v) is 8.04. The Bertz CT molecular complexity index is 674. The fourth-order valence-corrected chi connectivity index (χ4v) is 2.66. The number of benzene rings is 1. The summed E-state index contributed by atoms with van der Waals surface area (Å²) in [6, 6.07) is 14.6. The molecule has 0 radical (unpaired) electrons. The van der Waals surface area contributed by atoms with Crippen LogP contribution in [0.15, 0.2) is 54.7 Å². The average molecular weight is 326 g/mol. The molecule has 1 aromatic carbocycles. The van der Waals surface area contributed by atoms with Crippen LogP contribution in [0.4, 0.5) is 0 Å². The van der Waals surface area contributed by atoms with Crippen molar-refractivity contribution in [3.8, 4) is 0 Å². The molecule has 5 heteroatoms. The van der Waals surface area contributed by atoms with Gasteiger partial charge in [0.1, 0.15) is 5.41 Å². The number of nitrogens with zero attached hydrogens (tertiary/aromatic N) is 1. The Labute approximate surface area is 141 Å². The lowest BCUT2D eigenvalue weighted by Gasteiger charge is -2.29. The summed E-state index contributed by atoms with van der Waals surface area (Å²) in [7, 11) is 0. The van der Waals surface area contributed by atoms with E-state index in [4.69, 9.17) is 0 Å². The fourth-order valence-electron chi connectivity index (χ4n) is 2.66. The maximum atomic E-state index is 12.1. The number of carbonyl (C=O) groups is 2. The highest BCUT2D eigenvalue weighted by molar-refractivity contribution is 5.83. The molecule has 2 aromatic rings. The number of pyridine rings is 1. The predicted octanol–water partition coefficient (Wildman–Crippen LogP) is 2.56. The van der Waals surface area contributed by atoms with Crippen LogP contribution < -0.4 is 5.32 Å². The van der Waals surface area contributed by atoms with Gasteiger partial charge in [0.15, 0.2) is 0 Å². The van der Waals surface area contributed by atoms with E-state index in [1.165, 1.54) is 0 Å². The molecule has 0 aliphatic heterocycles. The summed E-state index contributed by atoms with van der Waals surface area (Å²) >= 11 is 0. The Morgan fingerprint density at radius 3 is 2.42 bits per heavy atom. The molecule has 1 aromatic heterocycles. The zero-order valence-electron chi connectivity index (χ0n) is 13.7. The van der Waals surface area contributed by atoms with E-state index in [1.54, 1.807) is 18.3 Å². The highest BCUT2D eigenvalue weighted by Crippen LogP contribution is 2.27. The van der Waals surface area contributed by atoms with Gasteiger partial charge in [-0.1, -0.05) is 43.3 Å². The van der Waals surface area contributed by atoms with Gasteiger partial charge in [0, 0.05) is 24.9 Å². The number of aliphatic carboxylic acids is 1. The Kier molecular flexibility index (Phi) is 6.07. The van der Waals surface area contributed by atoms with Crippen molar-refractivity contribution in [2.24, 2.45) is 0 Å². The van der Waals surface area contributed by atoms with Crippen LogP contribution in [0.25, 0.3) is 0 Å². The molecule has 0 saturated heterocycles. The third-order valence-electron chi connectivity index (χ3n) is 4.26. The van der Waals surface area contributed by atoms with Crippen LogP contribution in [0.1, 0.15) is 31.0 Å². The first-order chi connectivity index (χ1) is 11.6. The van der Waals surface area contributed by atoms with Gasteiger partial charge in [-0.15, -0.1) is 0 Å². The van der Waals surface area contributed by atoms with Crippen LogP contribution in [0.3, 0.4) is 0 Å². The molecule has 5 nitrogen and oxygen atoms in total. The molecular weight excluding hydrogens is 304 g/mol. The second-order valence-electron chi connectivity index (χ2n) is 5.70. The van der Waals surface area contributed by atoms with E-state index < -0.39 is 11.4 Å². The number of carbonyl (C=O) groups excluding carboxylic acids is 1. The number of hydrogen-bond donors (Lipinski definition) is 2. The van der Waals surface area contributed by atoms with Crippen molar-refractivity contribution in [2.45, 2.75) is 31.6 Å². The number of amides is 1. The van der Waals surface area contributed by atoms with Gasteiger partial charge >= 0.3 is 5.97 Å². The summed E-state index contributed by atoms with van der Waals surface area (Å²) in [4.78, 5) is 28.2. The largest absolute Gasteiger partial charge is 0.481 e. The van der Waals surface area contributed by atoms with Crippen molar-refractivity contribution in [1.29, 1.82) is 0 Å². The number of nitrogens with one attached hydrogen (secondary N) is 1. The molecule has 2 rings (SSSR count). The van der Waals surface area contributed by atoms with Gasteiger partial charge in [-0.2, -0.15) is 0 Å². The van der Waals surface area contributed by atoms with Gasteiger partial charge in [0.05, 0.1) is 0 Å². The Balaban J connectivity index is 2.00. The zero-order valence-corrected chi connectivity index (χ0v) is 13.7. The van der Waals surface area contributed by atoms with Gasteiger partial charge in [-0.3, -0.25) is 14.6 Å². The molecule has 2 N–H and O–H groups in total. The number of aryl methyl sites for hydroxylation is 1. The molecule has 0 spiro atoms. The van der Waals surface area contributed by atoms with E-state index in [2.05, 4.69) is 10.3 Å². The lowest BCUT2D eigenvalue weighted by atomic mass is 9.78. The quantitative estimate of drug-likeness (QED) is 0.781. The third-order valence-corrected chi connectivity index (χ3v) is 4.26. The Morgan fingerprint density at radius 1 is 1.12 bits per heavy atom. The number of hydrogen-bond acceptors (Lipinski definition) is 3. The standard InChI is InChI=1S/C19H22N2O3/c1-2-19(18(23)24,15-8-4-3-5-9-15)14-21-17(22)12-11-16-10-6-7-13-20-16/h3-10,13H,2,11-12,14H2,1H3,(H,21,22)(H,23,24). The van der Waals surface area contributed by atoms with Crippen LogP contribution in [-0.4, -0.2) is 28.5 Å². The number of carboxylic acid groups (broad SMARTS) is 1. The molecule has 0 bridgehead atoms. The molecule has 1 atom stereocenters. The highest BCUT2D eigenvalue weighted by Gasteiger charge is 2.38. The minimum Gasteiger partial charge on any atom is -0.481 e. The first-order valence-electron chi connectivity index (χ1n) is 8.04. The van der Waals surface area contributed by atoms with Gasteiger partial charge in [-0.05, 0) is 30.5 Å². The van der Waals surface area contributed by atoms with Crippen LogP contribution in [0.5, 0.6) is 0 Å². The van der Waals surface area contributed by atoms with E-state index in [1.807, 2.05) is 43.3 Å². The SMILES string of the molecule is CCC(CNC(=O)CCc1ccccn1)(C(=O)O)c1ccccc1. The number of aromatic nitrogens is 1. The summed E-state index contributed by atoms with van der Waals surface area (Å²) in [5.41, 5.74) is 0.433. The van der Waals surface area contributed by atoms with Gasteiger partial charge in [0.2, 0.25) is 5.91 Å². The van der Waals surface area contributed by atoms with Crippen molar-refractivity contribution in [3.05, 3.63) is 66.0 Å². The van der Waals surface area contributed by atoms with Crippen molar-refractivity contribution in [3.63, 3.8) is 0 Å². The minimum atomic E-state index is -1.11. The first kappa shape index (κ1) is 17.7. The van der Waals surface area contributed by atoms with Gasteiger partial charge in [0.25, 0.3) is 0 Å². The Morgan fingerprint density at radius 2 is 1.83 bits per heavy atom. The molecule has 0 aliphatic carbocycles. The number of rotatable bonds is 8. The molecule has 1 unspecified atom stereocenters. The predicted molar refractivity (Wildman–Crippen MR) is 91.6 cm³/mol. The van der Waals surface area contributed by atoms with Crippen LogP contribution in [0.2, 0.25) is 0 Å². The molecular formula is C19H22N2O3. The maximum Gasteiger partial charge on any atom is 0.315 e. The third kappa shape index (κ3) is 4.19. The van der Waals surface area contributed by atoms with Crippen LogP contribution >= 0.6 is 0 Å². The monoisotopic (exact) mass is 326 g/mol. The molecule has 126 valence electrons. The summed E-state index contributed by atoms with van der Waals surface area (Å²) in [6.45, 7) is 1.89. The molecule has 1 heterocycles. The van der Waals surface area contributed by atoms with E-state index >= 15 is 0 Å². The van der Waals surface area contributed by atoms with Crippen LogP contribution in [-0.2, 0) is 21.4 Å². The van der Waals surface area contributed by atoms with Gasteiger partial charge in [-0.25, -0.2) is 0 Å². The van der Waals surface area contributed by atoms with Crippen molar-refractivity contribution >= 4 is 11.9 Å². The molecule has 0 aliphatic rings. The lowest BCUT2D eigenvalue weighted by Crippen LogP contribution is -2.46. The molecule has 24 heavy (non-hydrogen) atoms. The zero-order chi connectivity index (χ0) is 17.4. The molecule has 1 amide bonds. The molecule has 0 saturated carbocycles. The smallest absolute Gasteiger partial charge is 0.315 e. The van der Waals surface area contributed by atoms with Crippen molar-refractivity contribution in [2.75, 3.05) is 6.54 Å². The van der Waals surface area contributed by atoms with E-state index in [9.17, 15) is 14.7 Å². The van der Waals surface area contributed by atoms with E-state index in [-0.39, 0.29) is 18.9 Å². The van der Waals surface area contributed by atoms with Crippen LogP contribution in [0, 0.1) is 0 Å². The van der Waals surface area contributed by atoms with Crippen molar-refractivity contribution < 1.29 is 14.7 Å². The lowest BCUT2D eigenvalue weighted by molar-refractivity contribution is -0.144. The summed E-state index contributed by atoms with van der Waals surface area (Å²) in [6.07, 6.45) is 2.90. The van der Waals surface area contributed by atoms with Gasteiger partial charge < -0.3 is 10.4 Å². The number of carboxylic acids is 1. The molecule has 0 fully saturated rings. The average Bonchev–Trinajstić information content (AvgIpc) is 2.62. The summed E-state index contributed by atoms with van der Waals surface area (Å²) in [5.74, 6) is -1.10. The second-order valence-corrected chi connectivity index (χ2v) is 5.70. The fraction of sp³-hybridized carbons (Fsp3) is 0.316. The minimum absolute atomic E-state index is 0.0733. The summed E-state index contributed by atoms with van der Waals surface area (Å²) < 4.78 is 0. The Hall–Kier alpha value is -2.69.